The van der Waals surface area contributed by atoms with Crippen molar-refractivity contribution in [3.8, 4) is 0 Å². The van der Waals surface area contributed by atoms with Gasteiger partial charge in [-0.05, 0) is 38.5 Å². The molecule has 1 aromatic heterocycles. The van der Waals surface area contributed by atoms with E-state index in [4.69, 9.17) is 16.3 Å². The molecule has 0 saturated carbocycles. The molecule has 2 rings (SSSR count). The maximum absolute atomic E-state index is 12.9. The molecule has 0 bridgehead atoms. The van der Waals surface area contributed by atoms with E-state index in [-0.39, 0.29) is 5.82 Å². The van der Waals surface area contributed by atoms with Gasteiger partial charge in [0.15, 0.2) is 0 Å². The molecule has 6 heteroatoms. The van der Waals surface area contributed by atoms with Gasteiger partial charge in [0.1, 0.15) is 11.4 Å². The highest BCUT2D eigenvalue weighted by atomic mass is 35.5. The minimum atomic E-state index is -0.597. The smallest absolute Gasteiger partial charge is 0.435 e. The van der Waals surface area contributed by atoms with Crippen molar-refractivity contribution in [2.24, 2.45) is 0 Å². The molecule has 0 aliphatic carbocycles. The van der Waals surface area contributed by atoms with Gasteiger partial charge in [0, 0.05) is 11.8 Å². The van der Waals surface area contributed by atoms with Gasteiger partial charge in [0.25, 0.3) is 0 Å². The van der Waals surface area contributed by atoms with Gasteiger partial charge in [-0.15, -0.1) is 11.6 Å². The van der Waals surface area contributed by atoms with E-state index >= 15 is 0 Å². The summed E-state index contributed by atoms with van der Waals surface area (Å²) >= 11 is 6.31. The van der Waals surface area contributed by atoms with Gasteiger partial charge in [-0.1, -0.05) is 12.1 Å². The third-order valence-corrected chi connectivity index (χ3v) is 3.14. The Labute approximate surface area is 127 Å². The zero-order valence-corrected chi connectivity index (χ0v) is 12.8. The van der Waals surface area contributed by atoms with Gasteiger partial charge in [-0.2, -0.15) is 9.78 Å². The summed E-state index contributed by atoms with van der Waals surface area (Å²) in [5, 5.41) is 3.44. The predicted molar refractivity (Wildman–Crippen MR) is 78.0 cm³/mol. The van der Waals surface area contributed by atoms with E-state index in [0.29, 0.717) is 5.56 Å². The van der Waals surface area contributed by atoms with Crippen LogP contribution in [-0.4, -0.2) is 21.5 Å². The largest absolute Gasteiger partial charge is 0.442 e. The summed E-state index contributed by atoms with van der Waals surface area (Å²) < 4.78 is 19.2. The van der Waals surface area contributed by atoms with Crippen LogP contribution >= 0.6 is 11.6 Å². The summed E-state index contributed by atoms with van der Waals surface area (Å²) in [4.78, 5) is 11.9. The monoisotopic (exact) mass is 310 g/mol. The first-order valence-electron chi connectivity index (χ1n) is 6.44. The minimum absolute atomic E-state index is 0.327. The first-order valence-corrected chi connectivity index (χ1v) is 6.87. The van der Waals surface area contributed by atoms with Gasteiger partial charge in [-0.3, -0.25) is 0 Å². The van der Waals surface area contributed by atoms with E-state index < -0.39 is 17.1 Å². The topological polar surface area (TPSA) is 44.1 Å². The van der Waals surface area contributed by atoms with Crippen molar-refractivity contribution < 1.29 is 13.9 Å². The fourth-order valence-corrected chi connectivity index (χ4v) is 1.96. The number of halogens is 2. The van der Waals surface area contributed by atoms with E-state index in [1.807, 2.05) is 0 Å². The Morgan fingerprint density at radius 3 is 2.48 bits per heavy atom. The molecule has 0 saturated heterocycles. The van der Waals surface area contributed by atoms with Crippen LogP contribution in [0.25, 0.3) is 0 Å². The second-order valence-corrected chi connectivity index (χ2v) is 6.05. The number of benzene rings is 1. The standard InChI is InChI=1S/C15H16ClFN2O2/c1-15(2,3)21-14(20)19-9-11(8-18-19)13(16)10-4-6-12(17)7-5-10/h4-9,13H,1-3H3. The van der Waals surface area contributed by atoms with Crippen LogP contribution in [0.4, 0.5) is 9.18 Å². The molecule has 1 atom stereocenters. The maximum atomic E-state index is 12.9. The van der Waals surface area contributed by atoms with Crippen LogP contribution in [-0.2, 0) is 4.74 Å². The molecule has 0 fully saturated rings. The van der Waals surface area contributed by atoms with Gasteiger partial charge in [0.05, 0.1) is 11.6 Å². The van der Waals surface area contributed by atoms with Crippen molar-refractivity contribution >= 4 is 17.7 Å². The number of carbonyl (C=O) groups excluding carboxylic acids is 1. The molecule has 112 valence electrons. The molecule has 0 aliphatic heterocycles. The van der Waals surface area contributed by atoms with Crippen LogP contribution in [0, 0.1) is 5.82 Å². The zero-order valence-electron chi connectivity index (χ0n) is 12.0. The fourth-order valence-electron chi connectivity index (χ4n) is 1.70. The highest BCUT2D eigenvalue weighted by Crippen LogP contribution is 2.28. The van der Waals surface area contributed by atoms with Crippen LogP contribution in [0.15, 0.2) is 36.7 Å². The lowest BCUT2D eigenvalue weighted by Crippen LogP contribution is -2.27. The van der Waals surface area contributed by atoms with Crippen LogP contribution < -0.4 is 0 Å². The number of carbonyl (C=O) groups is 1. The quantitative estimate of drug-likeness (QED) is 0.783. The number of ether oxygens (including phenoxy) is 1. The summed E-state index contributed by atoms with van der Waals surface area (Å²) in [5.41, 5.74) is 0.761. The van der Waals surface area contributed by atoms with E-state index in [1.54, 1.807) is 32.9 Å². The van der Waals surface area contributed by atoms with Gasteiger partial charge < -0.3 is 4.74 Å². The minimum Gasteiger partial charge on any atom is -0.442 e. The van der Waals surface area contributed by atoms with Crippen molar-refractivity contribution in [2.75, 3.05) is 0 Å². The summed E-state index contributed by atoms with van der Waals surface area (Å²) in [6, 6.07) is 5.86. The number of nitrogens with zero attached hydrogens (tertiary/aromatic N) is 2. The van der Waals surface area contributed by atoms with E-state index in [2.05, 4.69) is 5.10 Å². The number of alkyl halides is 1. The molecule has 0 radical (unpaired) electrons. The second-order valence-electron chi connectivity index (χ2n) is 5.61. The van der Waals surface area contributed by atoms with E-state index in [1.165, 1.54) is 24.5 Å². The summed E-state index contributed by atoms with van der Waals surface area (Å²) in [5.74, 6) is -0.327. The van der Waals surface area contributed by atoms with Crippen molar-refractivity contribution in [1.29, 1.82) is 0 Å². The first-order chi connectivity index (χ1) is 9.76. The SMILES string of the molecule is CC(C)(C)OC(=O)n1cc(C(Cl)c2ccc(F)cc2)cn1. The molecule has 21 heavy (non-hydrogen) atoms. The molecule has 0 spiro atoms. The van der Waals surface area contributed by atoms with Crippen LogP contribution in [0.3, 0.4) is 0 Å². The first kappa shape index (κ1) is 15.5. The number of aromatic nitrogens is 2. The van der Waals surface area contributed by atoms with Gasteiger partial charge >= 0.3 is 6.09 Å². The molecule has 0 N–H and O–H groups in total. The molecule has 0 aliphatic rings. The number of rotatable bonds is 2. The predicted octanol–water partition coefficient (Wildman–Crippen LogP) is 4.13. The highest BCUT2D eigenvalue weighted by Gasteiger charge is 2.20. The lowest BCUT2D eigenvalue weighted by molar-refractivity contribution is 0.0514. The Kier molecular flexibility index (Phi) is 4.32. The van der Waals surface area contributed by atoms with E-state index in [9.17, 15) is 9.18 Å². The molecule has 1 aromatic carbocycles. The Morgan fingerprint density at radius 2 is 1.90 bits per heavy atom. The molecule has 1 heterocycles. The average molecular weight is 311 g/mol. The summed E-state index contributed by atoms with van der Waals surface area (Å²) in [6.45, 7) is 5.33. The van der Waals surface area contributed by atoms with Crippen molar-refractivity contribution in [3.63, 3.8) is 0 Å². The molecule has 0 amide bonds. The van der Waals surface area contributed by atoms with Crippen LogP contribution in [0.5, 0.6) is 0 Å². The van der Waals surface area contributed by atoms with Crippen molar-refractivity contribution in [2.45, 2.75) is 31.7 Å². The number of hydrogen-bond donors (Lipinski definition) is 0. The van der Waals surface area contributed by atoms with Crippen LogP contribution in [0.1, 0.15) is 37.3 Å². The molecule has 4 nitrogen and oxygen atoms in total. The molecular formula is C15H16ClFN2O2. The van der Waals surface area contributed by atoms with Gasteiger partial charge in [0.2, 0.25) is 0 Å². The maximum Gasteiger partial charge on any atom is 0.435 e. The lowest BCUT2D eigenvalue weighted by atomic mass is 10.1. The number of hydrogen-bond acceptors (Lipinski definition) is 3. The Balaban J connectivity index is 2.16. The summed E-state index contributed by atoms with van der Waals surface area (Å²) in [6.07, 6.45) is 2.43. The van der Waals surface area contributed by atoms with E-state index in [0.717, 1.165) is 10.2 Å². The Hall–Kier alpha value is -1.88. The molecular weight excluding hydrogens is 295 g/mol. The Morgan fingerprint density at radius 1 is 1.29 bits per heavy atom. The highest BCUT2D eigenvalue weighted by molar-refractivity contribution is 6.22. The van der Waals surface area contributed by atoms with Crippen LogP contribution in [0.2, 0.25) is 0 Å². The third-order valence-electron chi connectivity index (χ3n) is 2.64. The molecule has 2 aromatic rings. The summed E-state index contributed by atoms with van der Waals surface area (Å²) in [7, 11) is 0. The van der Waals surface area contributed by atoms with Crippen molar-refractivity contribution in [3.05, 3.63) is 53.6 Å². The van der Waals surface area contributed by atoms with Crippen molar-refractivity contribution in [1.82, 2.24) is 9.78 Å². The lowest BCUT2D eigenvalue weighted by Gasteiger charge is -2.18. The fraction of sp³-hybridized carbons (Fsp3) is 0.333. The zero-order chi connectivity index (χ0) is 15.6. The second kappa shape index (κ2) is 5.85. The normalized spacial score (nSPS) is 13.0. The third kappa shape index (κ3) is 4.04. The molecule has 1 unspecified atom stereocenters. The average Bonchev–Trinajstić information content (AvgIpc) is 2.86. The Bertz CT molecular complexity index is 632. The van der Waals surface area contributed by atoms with Gasteiger partial charge in [-0.25, -0.2) is 9.18 Å².